The lowest BCUT2D eigenvalue weighted by molar-refractivity contribution is -0.138. The van der Waals surface area contributed by atoms with Gasteiger partial charge in [0.2, 0.25) is 5.91 Å². The monoisotopic (exact) mass is 326 g/mol. The molecule has 3 saturated heterocycles. The summed E-state index contributed by atoms with van der Waals surface area (Å²) in [6.07, 6.45) is 2.22. The third-order valence-corrected chi connectivity index (χ3v) is 6.26. The van der Waals surface area contributed by atoms with Crippen molar-refractivity contribution in [2.75, 3.05) is 20.1 Å². The van der Waals surface area contributed by atoms with E-state index in [1.807, 2.05) is 23.3 Å². The number of nitrogens with zero attached hydrogens (tertiary/aromatic N) is 2. The number of hydrogen-bond acceptors (Lipinski definition) is 3. The van der Waals surface area contributed by atoms with Crippen molar-refractivity contribution in [1.29, 1.82) is 0 Å². The number of carbonyl (C=O) groups excluding carboxylic acids is 1. The molecule has 2 bridgehead atoms. The molecule has 0 spiro atoms. The molecule has 1 aromatic heterocycles. The minimum atomic E-state index is 0.201. The number of benzene rings is 1. The van der Waals surface area contributed by atoms with E-state index in [4.69, 9.17) is 0 Å². The number of amides is 1. The first-order valence-electron chi connectivity index (χ1n) is 8.34. The van der Waals surface area contributed by atoms with Gasteiger partial charge in [0.05, 0.1) is 5.92 Å². The van der Waals surface area contributed by atoms with Gasteiger partial charge in [0, 0.05) is 42.5 Å². The van der Waals surface area contributed by atoms with Crippen LogP contribution in [0, 0.1) is 5.92 Å². The number of rotatable bonds is 3. The lowest BCUT2D eigenvalue weighted by Gasteiger charge is -2.32. The summed E-state index contributed by atoms with van der Waals surface area (Å²) < 4.78 is 0. The van der Waals surface area contributed by atoms with Crippen LogP contribution in [0.1, 0.15) is 17.7 Å². The van der Waals surface area contributed by atoms with Crippen LogP contribution in [0.3, 0.4) is 0 Å². The molecule has 1 amide bonds. The zero-order chi connectivity index (χ0) is 15.8. The maximum atomic E-state index is 12.3. The van der Waals surface area contributed by atoms with Crippen LogP contribution in [0.4, 0.5) is 0 Å². The van der Waals surface area contributed by atoms with Crippen LogP contribution in [0.2, 0.25) is 0 Å². The van der Waals surface area contributed by atoms with Crippen LogP contribution in [0.25, 0.3) is 10.4 Å². The molecule has 3 fully saturated rings. The van der Waals surface area contributed by atoms with Crippen LogP contribution in [-0.4, -0.2) is 41.9 Å². The normalized spacial score (nSPS) is 24.9. The summed E-state index contributed by atoms with van der Waals surface area (Å²) in [6, 6.07) is 15.4. The summed E-state index contributed by atoms with van der Waals surface area (Å²) >= 11 is 1.87. The number of fused-ring (bicyclic) bond motifs is 4. The number of thiophene rings is 1. The number of hydrogen-bond donors (Lipinski definition) is 0. The van der Waals surface area contributed by atoms with E-state index in [-0.39, 0.29) is 5.92 Å². The highest BCUT2D eigenvalue weighted by Gasteiger charge is 2.38. The summed E-state index contributed by atoms with van der Waals surface area (Å²) in [5, 5.41) is 0. The van der Waals surface area contributed by atoms with Crippen LogP contribution < -0.4 is 0 Å². The molecule has 0 radical (unpaired) electrons. The Kier molecular flexibility index (Phi) is 3.95. The molecule has 0 saturated carbocycles. The van der Waals surface area contributed by atoms with E-state index >= 15 is 0 Å². The minimum absolute atomic E-state index is 0.201. The second-order valence-corrected chi connectivity index (χ2v) is 7.87. The molecule has 2 atom stereocenters. The van der Waals surface area contributed by atoms with Gasteiger partial charge in [0.1, 0.15) is 0 Å². The van der Waals surface area contributed by atoms with Crippen molar-refractivity contribution in [1.82, 2.24) is 9.80 Å². The van der Waals surface area contributed by atoms with Crippen LogP contribution in [-0.2, 0) is 11.3 Å². The van der Waals surface area contributed by atoms with Crippen molar-refractivity contribution in [2.45, 2.75) is 25.4 Å². The molecular weight excluding hydrogens is 304 g/mol. The predicted molar refractivity (Wildman–Crippen MR) is 94.3 cm³/mol. The molecule has 4 heteroatoms. The highest BCUT2D eigenvalue weighted by atomic mass is 32.1. The average molecular weight is 326 g/mol. The molecule has 0 aliphatic carbocycles. The molecule has 0 N–H and O–H groups in total. The first-order chi connectivity index (χ1) is 11.2. The fraction of sp³-hybridized carbons (Fsp3) is 0.421. The Morgan fingerprint density at radius 2 is 1.91 bits per heavy atom. The summed E-state index contributed by atoms with van der Waals surface area (Å²) in [4.78, 5) is 19.5. The molecule has 0 unspecified atom stereocenters. The van der Waals surface area contributed by atoms with E-state index in [0.717, 1.165) is 32.5 Å². The van der Waals surface area contributed by atoms with Gasteiger partial charge < -0.3 is 4.90 Å². The molecule has 5 rings (SSSR count). The van der Waals surface area contributed by atoms with Crippen LogP contribution in [0.15, 0.2) is 42.5 Å². The molecule has 4 heterocycles. The van der Waals surface area contributed by atoms with Crippen molar-refractivity contribution in [2.24, 2.45) is 5.92 Å². The predicted octanol–water partition coefficient (Wildman–Crippen LogP) is 3.47. The minimum Gasteiger partial charge on any atom is -0.341 e. The van der Waals surface area contributed by atoms with E-state index in [1.54, 1.807) is 0 Å². The maximum absolute atomic E-state index is 12.3. The summed E-state index contributed by atoms with van der Waals surface area (Å²) in [5.41, 5.74) is 1.29. The zero-order valence-corrected chi connectivity index (χ0v) is 14.3. The Balaban J connectivity index is 1.49. The van der Waals surface area contributed by atoms with Crippen molar-refractivity contribution in [3.63, 3.8) is 0 Å². The van der Waals surface area contributed by atoms with Crippen LogP contribution in [0.5, 0.6) is 0 Å². The van der Waals surface area contributed by atoms with E-state index in [0.29, 0.717) is 11.9 Å². The van der Waals surface area contributed by atoms with Gasteiger partial charge in [-0.25, -0.2) is 0 Å². The van der Waals surface area contributed by atoms with E-state index in [2.05, 4.69) is 47.4 Å². The topological polar surface area (TPSA) is 23.6 Å². The fourth-order valence-corrected chi connectivity index (χ4v) is 4.87. The second kappa shape index (κ2) is 6.10. The van der Waals surface area contributed by atoms with Gasteiger partial charge in [0.15, 0.2) is 0 Å². The SMILES string of the molecule is CN1C(=O)[C@@H]2CC[C@H]1CN(Cc1ccc(-c3ccccc3)s1)C2. The van der Waals surface area contributed by atoms with Gasteiger partial charge in [-0.1, -0.05) is 30.3 Å². The van der Waals surface area contributed by atoms with Gasteiger partial charge >= 0.3 is 0 Å². The van der Waals surface area contributed by atoms with E-state index < -0.39 is 0 Å². The highest BCUT2D eigenvalue weighted by Crippen LogP contribution is 2.32. The summed E-state index contributed by atoms with van der Waals surface area (Å²) in [7, 11) is 1.97. The Bertz CT molecular complexity index is 696. The van der Waals surface area contributed by atoms with Gasteiger partial charge in [-0.05, 0) is 30.5 Å². The number of piperidine rings is 1. The molecule has 3 aliphatic rings. The van der Waals surface area contributed by atoms with E-state index in [1.165, 1.54) is 15.3 Å². The zero-order valence-electron chi connectivity index (χ0n) is 13.4. The fourth-order valence-electron chi connectivity index (χ4n) is 3.82. The standard InChI is InChI=1S/C19H22N2OS/c1-20-16-8-7-15(19(20)22)11-21(12-16)13-17-9-10-18(23-17)14-5-3-2-4-6-14/h2-6,9-10,15-16H,7-8,11-13H2,1H3/t15-,16+/m1/s1. The Morgan fingerprint density at radius 3 is 2.74 bits per heavy atom. The third-order valence-electron chi connectivity index (χ3n) is 5.14. The lowest BCUT2D eigenvalue weighted by atomic mass is 9.95. The van der Waals surface area contributed by atoms with Crippen molar-refractivity contribution in [3.05, 3.63) is 47.3 Å². The Labute approximate surface area is 141 Å². The van der Waals surface area contributed by atoms with Crippen LogP contribution >= 0.6 is 11.3 Å². The van der Waals surface area contributed by atoms with Crippen molar-refractivity contribution < 1.29 is 4.79 Å². The largest absolute Gasteiger partial charge is 0.341 e. The summed E-state index contributed by atoms with van der Waals surface area (Å²) in [5.74, 6) is 0.548. The van der Waals surface area contributed by atoms with Gasteiger partial charge in [-0.3, -0.25) is 9.69 Å². The molecule has 2 aromatic rings. The molecule has 1 aromatic carbocycles. The molecule has 3 nitrogen and oxygen atoms in total. The first kappa shape index (κ1) is 14.9. The molecule has 3 aliphatic heterocycles. The second-order valence-electron chi connectivity index (χ2n) is 6.70. The van der Waals surface area contributed by atoms with Gasteiger partial charge in [-0.15, -0.1) is 11.3 Å². The Morgan fingerprint density at radius 1 is 1.09 bits per heavy atom. The van der Waals surface area contributed by atoms with Gasteiger partial charge in [-0.2, -0.15) is 0 Å². The van der Waals surface area contributed by atoms with Crippen molar-refractivity contribution >= 4 is 17.2 Å². The number of likely N-dealkylation sites (N-methyl/N-ethyl adjacent to an activating group) is 1. The van der Waals surface area contributed by atoms with E-state index in [9.17, 15) is 4.79 Å². The smallest absolute Gasteiger partial charge is 0.227 e. The molecule has 23 heavy (non-hydrogen) atoms. The molecule has 120 valence electrons. The summed E-state index contributed by atoms with van der Waals surface area (Å²) in [6.45, 7) is 2.89. The highest BCUT2D eigenvalue weighted by molar-refractivity contribution is 7.15. The first-order valence-corrected chi connectivity index (χ1v) is 9.15. The third kappa shape index (κ3) is 2.93. The average Bonchev–Trinajstić information content (AvgIpc) is 2.89. The Hall–Kier alpha value is -1.65. The van der Waals surface area contributed by atoms with Gasteiger partial charge in [0.25, 0.3) is 0 Å². The lowest BCUT2D eigenvalue weighted by Crippen LogP contribution is -2.45. The molecular formula is C19H22N2OS. The maximum Gasteiger partial charge on any atom is 0.227 e. The van der Waals surface area contributed by atoms with Crippen molar-refractivity contribution in [3.8, 4) is 10.4 Å². The quantitative estimate of drug-likeness (QED) is 0.862. The number of carbonyl (C=O) groups is 1.